The lowest BCUT2D eigenvalue weighted by molar-refractivity contribution is -0.139. The topological polar surface area (TPSA) is 120 Å². The molecule has 2 bridgehead atoms. The fourth-order valence-corrected chi connectivity index (χ4v) is 9.23. The number of ether oxygens (including phenoxy) is 1. The van der Waals surface area contributed by atoms with Gasteiger partial charge >= 0.3 is 5.97 Å². The van der Waals surface area contributed by atoms with Crippen LogP contribution in [0.4, 0.5) is 0 Å². The molecule has 0 aromatic heterocycles. The molecule has 1 aliphatic heterocycles. The number of carboxylic acid groups (broad SMARTS) is 1. The van der Waals surface area contributed by atoms with E-state index in [4.69, 9.17) is 15.5 Å². The zero-order valence-electron chi connectivity index (χ0n) is 22.8. The van der Waals surface area contributed by atoms with Crippen LogP contribution in [0, 0.1) is 28.6 Å². The van der Waals surface area contributed by atoms with E-state index >= 15 is 0 Å². The van der Waals surface area contributed by atoms with Gasteiger partial charge in [-0.2, -0.15) is 0 Å². The van der Waals surface area contributed by atoms with Gasteiger partial charge in [-0.1, -0.05) is 32.3 Å². The first kappa shape index (κ1) is 26.7. The third-order valence-electron chi connectivity index (χ3n) is 10.6. The predicted molar refractivity (Wildman–Crippen MR) is 144 cm³/mol. The van der Waals surface area contributed by atoms with Gasteiger partial charge in [0, 0.05) is 36.7 Å². The molecule has 5 rings (SSSR count). The van der Waals surface area contributed by atoms with Crippen LogP contribution in [0.25, 0.3) is 0 Å². The minimum atomic E-state index is -1.49. The Morgan fingerprint density at radius 3 is 2.70 bits per heavy atom. The van der Waals surface area contributed by atoms with Crippen LogP contribution in [0.5, 0.6) is 0 Å². The molecule has 5 N–H and O–H groups in total. The minimum absolute atomic E-state index is 0.0192. The SMILES string of the molecule is CCOC[C@@]1(O)C[C@@]23C(=C1C(=O)O)C[C@@H](CC[C@H]2C)[C@@]31CN(C(N)=NC2CCCCC2)C=C[C@H]1CNC. The van der Waals surface area contributed by atoms with E-state index in [1.54, 1.807) is 0 Å². The van der Waals surface area contributed by atoms with Crippen molar-refractivity contribution in [3.8, 4) is 0 Å². The van der Waals surface area contributed by atoms with E-state index in [1.165, 1.54) is 19.3 Å². The summed E-state index contributed by atoms with van der Waals surface area (Å²) >= 11 is 0. The van der Waals surface area contributed by atoms with Gasteiger partial charge in [0.1, 0.15) is 5.60 Å². The van der Waals surface area contributed by atoms with Gasteiger partial charge in [0.25, 0.3) is 0 Å². The van der Waals surface area contributed by atoms with Crippen LogP contribution < -0.4 is 11.1 Å². The second-order valence-electron chi connectivity index (χ2n) is 12.3. The van der Waals surface area contributed by atoms with E-state index < -0.39 is 17.0 Å². The van der Waals surface area contributed by atoms with Crippen molar-refractivity contribution in [2.24, 2.45) is 39.3 Å². The Bertz CT molecular complexity index is 988. The third kappa shape index (κ3) is 3.97. The van der Waals surface area contributed by atoms with Gasteiger partial charge in [0.2, 0.25) is 0 Å². The van der Waals surface area contributed by atoms with Crippen molar-refractivity contribution in [2.75, 3.05) is 33.4 Å². The Morgan fingerprint density at radius 2 is 2.03 bits per heavy atom. The fraction of sp³-hybridized carbons (Fsp3) is 0.793. The van der Waals surface area contributed by atoms with Crippen LogP contribution in [0.3, 0.4) is 0 Å². The van der Waals surface area contributed by atoms with Gasteiger partial charge in [-0.05, 0) is 75.8 Å². The first-order valence-electron chi connectivity index (χ1n) is 14.4. The number of nitrogens with two attached hydrogens (primary N) is 1. The lowest BCUT2D eigenvalue weighted by Crippen LogP contribution is -2.62. The molecule has 8 nitrogen and oxygen atoms in total. The normalized spacial score (nSPS) is 40.1. The molecule has 0 amide bonds. The summed E-state index contributed by atoms with van der Waals surface area (Å²) in [6, 6.07) is 0.283. The summed E-state index contributed by atoms with van der Waals surface area (Å²) in [5.74, 6) is 0.348. The Morgan fingerprint density at radius 1 is 1.27 bits per heavy atom. The van der Waals surface area contributed by atoms with Crippen LogP contribution in [0.15, 0.2) is 28.4 Å². The summed E-state index contributed by atoms with van der Waals surface area (Å²) in [6.45, 7) is 6.11. The highest BCUT2D eigenvalue weighted by molar-refractivity contribution is 5.92. The maximum absolute atomic E-state index is 12.7. The number of aliphatic imine (C=N–C) groups is 1. The molecular formula is C29H46N4O4. The Balaban J connectivity index is 1.62. The number of nitrogens with zero attached hydrogens (tertiary/aromatic N) is 2. The fourth-order valence-electron chi connectivity index (χ4n) is 9.23. The Kier molecular flexibility index (Phi) is 7.22. The quantitative estimate of drug-likeness (QED) is 0.304. The molecule has 0 aromatic carbocycles. The average molecular weight is 515 g/mol. The largest absolute Gasteiger partial charge is 0.478 e. The first-order chi connectivity index (χ1) is 17.7. The number of nitrogens with one attached hydrogen (secondary N) is 1. The lowest BCUT2D eigenvalue weighted by Gasteiger charge is -2.61. The zero-order valence-corrected chi connectivity index (χ0v) is 22.8. The maximum Gasteiger partial charge on any atom is 0.334 e. The predicted octanol–water partition coefficient (Wildman–Crippen LogP) is 3.27. The van der Waals surface area contributed by atoms with Crippen molar-refractivity contribution in [1.82, 2.24) is 10.2 Å². The number of carbonyl (C=O) groups is 1. The molecule has 0 saturated heterocycles. The number of aliphatic hydroxyl groups is 1. The Hall–Kier alpha value is -1.90. The van der Waals surface area contributed by atoms with E-state index in [9.17, 15) is 15.0 Å². The van der Waals surface area contributed by atoms with Crippen LogP contribution >= 0.6 is 0 Å². The zero-order chi connectivity index (χ0) is 26.4. The van der Waals surface area contributed by atoms with E-state index in [0.29, 0.717) is 31.4 Å². The summed E-state index contributed by atoms with van der Waals surface area (Å²) in [5.41, 5.74) is 5.70. The van der Waals surface area contributed by atoms with Crippen LogP contribution in [-0.4, -0.2) is 72.0 Å². The second-order valence-corrected chi connectivity index (χ2v) is 12.3. The van der Waals surface area contributed by atoms with Crippen LogP contribution in [-0.2, 0) is 9.53 Å². The molecule has 8 heteroatoms. The van der Waals surface area contributed by atoms with Crippen molar-refractivity contribution in [3.05, 3.63) is 23.4 Å². The van der Waals surface area contributed by atoms with E-state index in [0.717, 1.165) is 44.2 Å². The molecule has 0 aromatic rings. The van der Waals surface area contributed by atoms with Crippen LogP contribution in [0.1, 0.15) is 71.6 Å². The smallest absolute Gasteiger partial charge is 0.334 e. The molecule has 4 aliphatic carbocycles. The third-order valence-corrected chi connectivity index (χ3v) is 10.6. The molecule has 206 valence electrons. The minimum Gasteiger partial charge on any atom is -0.478 e. The lowest BCUT2D eigenvalue weighted by atomic mass is 9.46. The van der Waals surface area contributed by atoms with Gasteiger partial charge in [0.05, 0.1) is 18.2 Å². The van der Waals surface area contributed by atoms with Gasteiger partial charge in [0.15, 0.2) is 5.96 Å². The molecule has 3 saturated carbocycles. The first-order valence-corrected chi connectivity index (χ1v) is 14.4. The molecule has 3 fully saturated rings. The number of guanidine groups is 1. The van der Waals surface area contributed by atoms with Gasteiger partial charge < -0.3 is 30.9 Å². The van der Waals surface area contributed by atoms with Gasteiger partial charge in [-0.25, -0.2) is 9.79 Å². The number of hydrogen-bond acceptors (Lipinski definition) is 5. The number of aliphatic carboxylic acids is 1. The monoisotopic (exact) mass is 514 g/mol. The number of rotatable bonds is 7. The van der Waals surface area contributed by atoms with E-state index in [-0.39, 0.29) is 35.5 Å². The summed E-state index contributed by atoms with van der Waals surface area (Å²) in [4.78, 5) is 19.8. The summed E-state index contributed by atoms with van der Waals surface area (Å²) < 4.78 is 5.71. The summed E-state index contributed by atoms with van der Waals surface area (Å²) in [6.07, 6.45) is 13.5. The van der Waals surface area contributed by atoms with Crippen molar-refractivity contribution in [2.45, 2.75) is 83.3 Å². The van der Waals surface area contributed by atoms with Crippen molar-refractivity contribution in [3.63, 3.8) is 0 Å². The highest BCUT2D eigenvalue weighted by atomic mass is 16.5. The van der Waals surface area contributed by atoms with Crippen molar-refractivity contribution in [1.29, 1.82) is 0 Å². The number of hydrogen-bond donors (Lipinski definition) is 4. The van der Waals surface area contributed by atoms with Gasteiger partial charge in [-0.3, -0.25) is 0 Å². The molecular weight excluding hydrogens is 468 g/mol. The van der Waals surface area contributed by atoms with Crippen molar-refractivity contribution >= 4 is 11.9 Å². The highest BCUT2D eigenvalue weighted by Gasteiger charge is 2.74. The number of allylic oxidation sites excluding steroid dienone is 1. The van der Waals surface area contributed by atoms with Gasteiger partial charge in [-0.15, -0.1) is 0 Å². The molecule has 2 spiro atoms. The van der Waals surface area contributed by atoms with Crippen molar-refractivity contribution < 1.29 is 19.7 Å². The molecule has 5 aliphatic rings. The standard InChI is InChI=1S/C29H46N4O4/c1-4-37-18-27(36)16-28-19(2)10-11-20(14-23(28)24(27)25(34)35)29(28)17-33(13-12-21(29)15-31-3)26(30)32-22-8-6-5-7-9-22/h12-13,19-22,31,36H,4-11,14-18H2,1-3H3,(H2,30,32)(H,34,35)/t19-,20-,21+,27+,28+,29-/m1/s1. The van der Waals surface area contributed by atoms with E-state index in [1.807, 2.05) is 14.0 Å². The van der Waals surface area contributed by atoms with Crippen LogP contribution in [0.2, 0.25) is 0 Å². The molecule has 37 heavy (non-hydrogen) atoms. The summed E-state index contributed by atoms with van der Waals surface area (Å²) in [5, 5.41) is 25.8. The second kappa shape index (κ2) is 10.0. The Labute approximate surface area is 221 Å². The highest BCUT2D eigenvalue weighted by Crippen LogP contribution is 2.77. The van der Waals surface area contributed by atoms with E-state index in [2.05, 4.69) is 29.4 Å². The summed E-state index contributed by atoms with van der Waals surface area (Å²) in [7, 11) is 1.98. The average Bonchev–Trinajstić information content (AvgIpc) is 3.22. The maximum atomic E-state index is 12.7. The molecule has 0 unspecified atom stereocenters. The molecule has 6 atom stereocenters. The molecule has 0 radical (unpaired) electrons. The number of carboxylic acids is 1. The molecule has 1 heterocycles.